The number of halogens is 2. The van der Waals surface area contributed by atoms with Crippen molar-refractivity contribution in [2.75, 3.05) is 19.6 Å². The zero-order chi connectivity index (χ0) is 15.8. The van der Waals surface area contributed by atoms with Gasteiger partial charge in [0, 0.05) is 42.7 Å². The summed E-state index contributed by atoms with van der Waals surface area (Å²) in [5.74, 6) is 0.858. The molecular weight excluding hydrogens is 463 g/mol. The van der Waals surface area contributed by atoms with Gasteiger partial charge in [-0.3, -0.25) is 4.99 Å². The van der Waals surface area contributed by atoms with E-state index in [1.165, 1.54) is 4.88 Å². The van der Waals surface area contributed by atoms with Gasteiger partial charge in [0.25, 0.3) is 0 Å². The summed E-state index contributed by atoms with van der Waals surface area (Å²) >= 11 is 9.24. The highest BCUT2D eigenvalue weighted by Gasteiger charge is 2.01. The molecule has 0 unspecified atom stereocenters. The molecule has 0 aliphatic heterocycles. The van der Waals surface area contributed by atoms with Gasteiger partial charge in [0.15, 0.2) is 5.96 Å². The van der Waals surface area contributed by atoms with E-state index in [0.717, 1.165) is 53.5 Å². The number of nitrogens with one attached hydrogen (secondary N) is 2. The van der Waals surface area contributed by atoms with Gasteiger partial charge >= 0.3 is 0 Å². The van der Waals surface area contributed by atoms with E-state index in [0.29, 0.717) is 0 Å². The molecule has 0 bridgehead atoms. The van der Waals surface area contributed by atoms with Gasteiger partial charge in [-0.05, 0) is 26.0 Å². The van der Waals surface area contributed by atoms with Gasteiger partial charge < -0.3 is 10.6 Å². The summed E-state index contributed by atoms with van der Waals surface area (Å²) in [4.78, 5) is 10.3. The molecule has 2 aromatic rings. The normalized spacial score (nSPS) is 11.2. The molecule has 2 aromatic heterocycles. The van der Waals surface area contributed by atoms with Crippen LogP contribution in [-0.2, 0) is 12.8 Å². The van der Waals surface area contributed by atoms with Crippen molar-refractivity contribution in [2.45, 2.75) is 26.7 Å². The first kappa shape index (κ1) is 20.7. The lowest BCUT2D eigenvalue weighted by Gasteiger charge is -2.10. The number of thiophene rings is 1. The number of hydrogen-bond donors (Lipinski definition) is 2. The minimum atomic E-state index is 0. The van der Waals surface area contributed by atoms with Crippen LogP contribution >= 0.6 is 58.3 Å². The number of rotatable bonds is 7. The molecule has 0 aliphatic rings. The lowest BCUT2D eigenvalue weighted by Crippen LogP contribution is -2.38. The zero-order valence-corrected chi connectivity index (χ0v) is 18.0. The highest BCUT2D eigenvalue weighted by Crippen LogP contribution is 2.21. The van der Waals surface area contributed by atoms with Gasteiger partial charge in [-0.25, -0.2) is 4.98 Å². The molecule has 0 saturated carbocycles. The Labute approximate surface area is 167 Å². The van der Waals surface area contributed by atoms with Gasteiger partial charge in [-0.15, -0.1) is 46.7 Å². The van der Waals surface area contributed by atoms with Crippen molar-refractivity contribution < 1.29 is 0 Å². The average molecular weight is 485 g/mol. The van der Waals surface area contributed by atoms with Gasteiger partial charge in [0.05, 0.1) is 15.0 Å². The van der Waals surface area contributed by atoms with Crippen LogP contribution in [0.25, 0.3) is 0 Å². The van der Waals surface area contributed by atoms with E-state index in [2.05, 4.69) is 39.0 Å². The third kappa shape index (κ3) is 7.82. The van der Waals surface area contributed by atoms with Crippen LogP contribution in [0.5, 0.6) is 0 Å². The first-order chi connectivity index (χ1) is 10.7. The van der Waals surface area contributed by atoms with Crippen LogP contribution in [0.1, 0.15) is 22.5 Å². The maximum atomic E-state index is 5.93. The number of hydrogen-bond acceptors (Lipinski definition) is 4. The molecule has 23 heavy (non-hydrogen) atoms. The maximum Gasteiger partial charge on any atom is 0.191 e. The average Bonchev–Trinajstić information content (AvgIpc) is 3.08. The van der Waals surface area contributed by atoms with Crippen molar-refractivity contribution >= 4 is 64.2 Å². The SMILES string of the molecule is CCNC(=NCCc1ccc(Cl)s1)NCCc1csc(C)n1.I. The van der Waals surface area contributed by atoms with Crippen molar-refractivity contribution in [3.8, 4) is 0 Å². The summed E-state index contributed by atoms with van der Waals surface area (Å²) in [5.41, 5.74) is 1.14. The Balaban J connectivity index is 0.00000264. The fourth-order valence-electron chi connectivity index (χ4n) is 1.94. The Morgan fingerprint density at radius 1 is 1.30 bits per heavy atom. The van der Waals surface area contributed by atoms with E-state index < -0.39 is 0 Å². The number of aryl methyl sites for hydroxylation is 1. The standard InChI is InChI=1S/C15H21ClN4S2.HI/c1-3-17-15(18-8-6-12-10-21-11(2)20-12)19-9-7-13-4-5-14(16)22-13;/h4-5,10H,3,6-9H2,1-2H3,(H2,17,18,19);1H. The number of guanidine groups is 1. The van der Waals surface area contributed by atoms with Crippen molar-refractivity contribution in [1.29, 1.82) is 0 Å². The van der Waals surface area contributed by atoms with Crippen molar-refractivity contribution in [3.05, 3.63) is 37.4 Å². The Morgan fingerprint density at radius 3 is 2.74 bits per heavy atom. The molecule has 4 nitrogen and oxygen atoms in total. The minimum absolute atomic E-state index is 0. The predicted octanol–water partition coefficient (Wildman–Crippen LogP) is 4.12. The summed E-state index contributed by atoms with van der Waals surface area (Å²) in [6.07, 6.45) is 1.83. The largest absolute Gasteiger partial charge is 0.357 e. The lowest BCUT2D eigenvalue weighted by atomic mass is 10.3. The van der Waals surface area contributed by atoms with Gasteiger partial charge in [-0.1, -0.05) is 11.6 Å². The molecule has 0 atom stereocenters. The Bertz CT molecular complexity index is 612. The smallest absolute Gasteiger partial charge is 0.191 e. The van der Waals surface area contributed by atoms with E-state index in [-0.39, 0.29) is 24.0 Å². The maximum absolute atomic E-state index is 5.93. The van der Waals surface area contributed by atoms with Gasteiger partial charge in [0.2, 0.25) is 0 Å². The number of thiazole rings is 1. The van der Waals surface area contributed by atoms with E-state index in [1.807, 2.05) is 13.0 Å². The predicted molar refractivity (Wildman–Crippen MR) is 113 cm³/mol. The molecule has 0 aliphatic carbocycles. The third-order valence-corrected chi connectivity index (χ3v) is 5.05. The monoisotopic (exact) mass is 484 g/mol. The van der Waals surface area contributed by atoms with E-state index in [4.69, 9.17) is 11.6 Å². The first-order valence-electron chi connectivity index (χ1n) is 7.34. The lowest BCUT2D eigenvalue weighted by molar-refractivity contribution is 0.788. The Morgan fingerprint density at radius 2 is 2.13 bits per heavy atom. The van der Waals surface area contributed by atoms with Crippen molar-refractivity contribution in [3.63, 3.8) is 0 Å². The summed E-state index contributed by atoms with van der Waals surface area (Å²) in [6, 6.07) is 4.00. The van der Waals surface area contributed by atoms with E-state index in [9.17, 15) is 0 Å². The molecule has 0 amide bonds. The highest BCUT2D eigenvalue weighted by molar-refractivity contribution is 14.0. The van der Waals surface area contributed by atoms with Crippen molar-refractivity contribution in [2.24, 2.45) is 4.99 Å². The highest BCUT2D eigenvalue weighted by atomic mass is 127. The molecule has 2 heterocycles. The van der Waals surface area contributed by atoms with Crippen LogP contribution in [0.4, 0.5) is 0 Å². The van der Waals surface area contributed by atoms with Crippen LogP contribution in [0.2, 0.25) is 4.34 Å². The number of aliphatic imine (C=N–C) groups is 1. The number of nitrogens with zero attached hydrogens (tertiary/aromatic N) is 2. The van der Waals surface area contributed by atoms with Gasteiger partial charge in [0.1, 0.15) is 0 Å². The van der Waals surface area contributed by atoms with Gasteiger partial charge in [-0.2, -0.15) is 0 Å². The van der Waals surface area contributed by atoms with Crippen LogP contribution in [-0.4, -0.2) is 30.6 Å². The molecule has 8 heteroatoms. The van der Waals surface area contributed by atoms with E-state index in [1.54, 1.807) is 22.7 Å². The topological polar surface area (TPSA) is 49.3 Å². The molecule has 0 fully saturated rings. The third-order valence-electron chi connectivity index (χ3n) is 2.94. The molecule has 128 valence electrons. The Hall–Kier alpha value is -0.380. The molecular formula is C15H22ClIN4S2. The quantitative estimate of drug-likeness (QED) is 0.353. The molecule has 0 aromatic carbocycles. The first-order valence-corrected chi connectivity index (χ1v) is 9.42. The van der Waals surface area contributed by atoms with Crippen molar-refractivity contribution in [1.82, 2.24) is 15.6 Å². The van der Waals surface area contributed by atoms with Crippen LogP contribution in [0.3, 0.4) is 0 Å². The summed E-state index contributed by atoms with van der Waals surface area (Å²) in [5, 5.41) is 9.84. The summed E-state index contributed by atoms with van der Waals surface area (Å²) in [7, 11) is 0. The summed E-state index contributed by atoms with van der Waals surface area (Å²) in [6.45, 7) is 6.54. The minimum Gasteiger partial charge on any atom is -0.357 e. The van der Waals surface area contributed by atoms with Crippen LogP contribution in [0, 0.1) is 6.92 Å². The fourth-order valence-corrected chi connectivity index (χ4v) is 3.66. The van der Waals surface area contributed by atoms with E-state index >= 15 is 0 Å². The molecule has 0 saturated heterocycles. The van der Waals surface area contributed by atoms with Crippen LogP contribution in [0.15, 0.2) is 22.5 Å². The fraction of sp³-hybridized carbons (Fsp3) is 0.467. The molecule has 2 N–H and O–H groups in total. The second kappa shape index (κ2) is 11.2. The molecule has 2 rings (SSSR count). The zero-order valence-electron chi connectivity index (χ0n) is 13.3. The van der Waals surface area contributed by atoms with Crippen LogP contribution < -0.4 is 10.6 Å². The second-order valence-corrected chi connectivity index (χ2v) is 7.61. The second-order valence-electron chi connectivity index (χ2n) is 4.75. The number of aromatic nitrogens is 1. The summed E-state index contributed by atoms with van der Waals surface area (Å²) < 4.78 is 0.836. The molecule has 0 radical (unpaired) electrons. The Kier molecular flexibility index (Phi) is 10.1. The molecule has 0 spiro atoms.